The molecular formula is C23H34N4O5. The monoisotopic (exact) mass is 446 g/mol. The van der Waals surface area contributed by atoms with Crippen LogP contribution in [0.15, 0.2) is 30.3 Å². The van der Waals surface area contributed by atoms with Crippen molar-refractivity contribution in [3.8, 4) is 0 Å². The Kier molecular flexibility index (Phi) is 7.60. The van der Waals surface area contributed by atoms with Crippen LogP contribution in [0.2, 0.25) is 0 Å². The molecule has 9 heteroatoms. The van der Waals surface area contributed by atoms with Gasteiger partial charge in [-0.05, 0) is 45.6 Å². The number of rotatable bonds is 4. The Morgan fingerprint density at radius 1 is 1.16 bits per heavy atom. The number of nitrogens with zero attached hydrogens (tertiary/aromatic N) is 2. The minimum absolute atomic E-state index is 0.00616. The van der Waals surface area contributed by atoms with Crippen LogP contribution in [0.25, 0.3) is 0 Å². The number of carbonyl (C=O) groups is 3. The standard InChI is InChI=1S/C23H34N4O5/c1-23(2,3)32-21(29)25-19-14-26(22(30)31-15-16-7-5-4-6-8-16)12-11-17-9-10-18(13-24)27(17)20(19)28/h4-8,17-19H,9-15,24H2,1-3H3,(H,25,29)/t17-,18+,19+/m1/s1. The molecule has 176 valence electrons. The third kappa shape index (κ3) is 6.12. The van der Waals surface area contributed by atoms with E-state index in [1.165, 1.54) is 4.90 Å². The summed E-state index contributed by atoms with van der Waals surface area (Å²) in [6.07, 6.45) is 1.06. The van der Waals surface area contributed by atoms with Gasteiger partial charge in [0.1, 0.15) is 18.2 Å². The Labute approximate surface area is 189 Å². The van der Waals surface area contributed by atoms with Gasteiger partial charge in [-0.25, -0.2) is 9.59 Å². The highest BCUT2D eigenvalue weighted by atomic mass is 16.6. The van der Waals surface area contributed by atoms with Gasteiger partial charge >= 0.3 is 12.2 Å². The summed E-state index contributed by atoms with van der Waals surface area (Å²) in [5, 5.41) is 2.67. The molecule has 0 aliphatic carbocycles. The predicted octanol–water partition coefficient (Wildman–Crippen LogP) is 2.24. The number of fused-ring (bicyclic) bond motifs is 1. The van der Waals surface area contributed by atoms with Crippen molar-refractivity contribution in [1.29, 1.82) is 0 Å². The number of benzene rings is 1. The van der Waals surface area contributed by atoms with Crippen molar-refractivity contribution in [3.63, 3.8) is 0 Å². The van der Waals surface area contributed by atoms with E-state index < -0.39 is 23.8 Å². The lowest BCUT2D eigenvalue weighted by Gasteiger charge is -2.38. The first-order valence-electron chi connectivity index (χ1n) is 11.2. The average molecular weight is 447 g/mol. The third-order valence-corrected chi connectivity index (χ3v) is 5.73. The molecule has 2 saturated heterocycles. The first-order chi connectivity index (χ1) is 15.2. The van der Waals surface area contributed by atoms with Crippen molar-refractivity contribution in [1.82, 2.24) is 15.1 Å². The van der Waals surface area contributed by atoms with Crippen LogP contribution in [0.1, 0.15) is 45.6 Å². The van der Waals surface area contributed by atoms with E-state index in [4.69, 9.17) is 15.2 Å². The Bertz CT molecular complexity index is 810. The summed E-state index contributed by atoms with van der Waals surface area (Å²) in [5.41, 5.74) is 6.07. The number of nitrogens with two attached hydrogens (primary N) is 1. The molecule has 3 atom stereocenters. The van der Waals surface area contributed by atoms with Gasteiger partial charge in [-0.2, -0.15) is 0 Å². The molecule has 1 aromatic carbocycles. The van der Waals surface area contributed by atoms with Crippen LogP contribution >= 0.6 is 0 Å². The van der Waals surface area contributed by atoms with Crippen LogP contribution < -0.4 is 11.1 Å². The second-order valence-electron chi connectivity index (χ2n) is 9.34. The second kappa shape index (κ2) is 10.2. The summed E-state index contributed by atoms with van der Waals surface area (Å²) in [6.45, 7) is 6.18. The highest BCUT2D eigenvalue weighted by Crippen LogP contribution is 2.29. The molecule has 0 unspecified atom stereocenters. The number of amides is 3. The first-order valence-corrected chi connectivity index (χ1v) is 11.2. The van der Waals surface area contributed by atoms with Gasteiger partial charge < -0.3 is 30.3 Å². The first kappa shape index (κ1) is 23.8. The smallest absolute Gasteiger partial charge is 0.410 e. The van der Waals surface area contributed by atoms with Crippen LogP contribution in [0.5, 0.6) is 0 Å². The molecule has 2 fully saturated rings. The van der Waals surface area contributed by atoms with Crippen LogP contribution in [0.4, 0.5) is 9.59 Å². The molecule has 2 aliphatic heterocycles. The Morgan fingerprint density at radius 2 is 1.88 bits per heavy atom. The van der Waals surface area contributed by atoms with Crippen LogP contribution in [0, 0.1) is 0 Å². The normalized spacial score (nSPS) is 23.8. The molecule has 0 aromatic heterocycles. The zero-order valence-corrected chi connectivity index (χ0v) is 19.1. The maximum atomic E-state index is 13.4. The quantitative estimate of drug-likeness (QED) is 0.733. The summed E-state index contributed by atoms with van der Waals surface area (Å²) >= 11 is 0. The van der Waals surface area contributed by atoms with Crippen molar-refractivity contribution in [3.05, 3.63) is 35.9 Å². The van der Waals surface area contributed by atoms with Crippen molar-refractivity contribution >= 4 is 18.1 Å². The molecular weight excluding hydrogens is 412 g/mol. The van der Waals surface area contributed by atoms with E-state index in [-0.39, 0.29) is 31.1 Å². The number of carbonyl (C=O) groups excluding carboxylic acids is 3. The highest BCUT2D eigenvalue weighted by molar-refractivity contribution is 5.87. The molecule has 0 bridgehead atoms. The number of ether oxygens (including phenoxy) is 2. The molecule has 2 aliphatic rings. The molecule has 0 radical (unpaired) electrons. The van der Waals surface area contributed by atoms with E-state index in [0.717, 1.165) is 18.4 Å². The van der Waals surface area contributed by atoms with Crippen molar-refractivity contribution in [2.24, 2.45) is 5.73 Å². The maximum Gasteiger partial charge on any atom is 0.410 e. The van der Waals surface area contributed by atoms with E-state index in [1.807, 2.05) is 30.3 Å². The second-order valence-corrected chi connectivity index (χ2v) is 9.34. The SMILES string of the molecule is CC(C)(C)OC(=O)N[C@H]1CN(C(=O)OCc2ccccc2)CC[C@H]2CC[C@@H](CN)N2C1=O. The van der Waals surface area contributed by atoms with Crippen molar-refractivity contribution in [2.45, 2.75) is 70.4 Å². The van der Waals surface area contributed by atoms with Gasteiger partial charge in [0.2, 0.25) is 5.91 Å². The van der Waals surface area contributed by atoms with Gasteiger partial charge in [-0.15, -0.1) is 0 Å². The van der Waals surface area contributed by atoms with Crippen LogP contribution in [-0.4, -0.2) is 71.3 Å². The molecule has 3 rings (SSSR count). The van der Waals surface area contributed by atoms with Gasteiger partial charge in [-0.1, -0.05) is 30.3 Å². The number of hydrogen-bond donors (Lipinski definition) is 2. The lowest BCUT2D eigenvalue weighted by molar-refractivity contribution is -0.137. The van der Waals surface area contributed by atoms with Gasteiger partial charge in [-0.3, -0.25) is 4.79 Å². The van der Waals surface area contributed by atoms with Gasteiger partial charge in [0, 0.05) is 25.2 Å². The molecule has 2 heterocycles. The molecule has 0 saturated carbocycles. The Morgan fingerprint density at radius 3 is 2.53 bits per heavy atom. The summed E-state index contributed by atoms with van der Waals surface area (Å²) in [6, 6.07) is 8.37. The van der Waals surface area contributed by atoms with Crippen LogP contribution in [-0.2, 0) is 20.9 Å². The Hall–Kier alpha value is -2.81. The molecule has 3 amide bonds. The molecule has 3 N–H and O–H groups in total. The van der Waals surface area contributed by atoms with E-state index in [1.54, 1.807) is 25.7 Å². The summed E-state index contributed by atoms with van der Waals surface area (Å²) in [7, 11) is 0. The van der Waals surface area contributed by atoms with Crippen LogP contribution in [0.3, 0.4) is 0 Å². The number of alkyl carbamates (subject to hydrolysis) is 1. The minimum atomic E-state index is -0.941. The fourth-order valence-corrected chi connectivity index (χ4v) is 4.24. The van der Waals surface area contributed by atoms with E-state index in [0.29, 0.717) is 19.5 Å². The molecule has 0 spiro atoms. The Balaban J connectivity index is 1.74. The number of hydrogen-bond acceptors (Lipinski definition) is 6. The lowest BCUT2D eigenvalue weighted by atomic mass is 10.1. The van der Waals surface area contributed by atoms with Crippen molar-refractivity contribution < 1.29 is 23.9 Å². The van der Waals surface area contributed by atoms with Gasteiger partial charge in [0.05, 0.1) is 6.54 Å². The largest absolute Gasteiger partial charge is 0.445 e. The fourth-order valence-electron chi connectivity index (χ4n) is 4.24. The topological polar surface area (TPSA) is 114 Å². The van der Waals surface area contributed by atoms with E-state index >= 15 is 0 Å². The fraction of sp³-hybridized carbons (Fsp3) is 0.609. The lowest BCUT2D eigenvalue weighted by Crippen LogP contribution is -2.60. The predicted molar refractivity (Wildman–Crippen MR) is 119 cm³/mol. The minimum Gasteiger partial charge on any atom is -0.445 e. The zero-order chi connectivity index (χ0) is 23.3. The highest BCUT2D eigenvalue weighted by Gasteiger charge is 2.42. The third-order valence-electron chi connectivity index (χ3n) is 5.73. The summed E-state index contributed by atoms with van der Waals surface area (Å²) in [5.74, 6) is -0.241. The zero-order valence-electron chi connectivity index (χ0n) is 19.1. The van der Waals surface area contributed by atoms with Crippen molar-refractivity contribution in [2.75, 3.05) is 19.6 Å². The van der Waals surface area contributed by atoms with E-state index in [2.05, 4.69) is 5.32 Å². The molecule has 1 aromatic rings. The maximum absolute atomic E-state index is 13.4. The summed E-state index contributed by atoms with van der Waals surface area (Å²) in [4.78, 5) is 42.0. The van der Waals surface area contributed by atoms with Gasteiger partial charge in [0.25, 0.3) is 0 Å². The number of nitrogens with one attached hydrogen (secondary N) is 1. The molecule has 9 nitrogen and oxygen atoms in total. The average Bonchev–Trinajstić information content (AvgIpc) is 3.14. The molecule has 32 heavy (non-hydrogen) atoms. The summed E-state index contributed by atoms with van der Waals surface area (Å²) < 4.78 is 10.8. The van der Waals surface area contributed by atoms with Gasteiger partial charge in [0.15, 0.2) is 0 Å². The van der Waals surface area contributed by atoms with E-state index in [9.17, 15) is 14.4 Å².